The van der Waals surface area contributed by atoms with Crippen molar-refractivity contribution in [3.05, 3.63) is 58.4 Å². The molecule has 4 rings (SSSR count). The smallest absolute Gasteiger partial charge is 0.348 e. The van der Waals surface area contributed by atoms with Gasteiger partial charge in [0.2, 0.25) is 0 Å². The zero-order valence-electron chi connectivity index (χ0n) is 14.3. The van der Waals surface area contributed by atoms with Gasteiger partial charge in [0.25, 0.3) is 0 Å². The number of nitrogens with zero attached hydrogens (tertiary/aromatic N) is 1. The number of aryl methyl sites for hydroxylation is 1. The van der Waals surface area contributed by atoms with Crippen molar-refractivity contribution in [2.75, 3.05) is 5.73 Å². The van der Waals surface area contributed by atoms with E-state index in [1.807, 2.05) is 30.3 Å². The number of hydrogen-bond donors (Lipinski definition) is 2. The van der Waals surface area contributed by atoms with Crippen LogP contribution in [-0.2, 0) is 11.2 Å². The zero-order chi connectivity index (χ0) is 19.0. The highest BCUT2D eigenvalue weighted by molar-refractivity contribution is 7.21. The number of nitrogens with two attached hydrogens (primary N) is 1. The molecule has 2 heterocycles. The highest BCUT2D eigenvalue weighted by Gasteiger charge is 2.18. The molecule has 0 radical (unpaired) electrons. The highest BCUT2D eigenvalue weighted by atomic mass is 32.1. The van der Waals surface area contributed by atoms with Gasteiger partial charge in [-0.3, -0.25) is 4.79 Å². The quantitative estimate of drug-likeness (QED) is 0.506. The van der Waals surface area contributed by atoms with Crippen molar-refractivity contribution < 1.29 is 14.3 Å². The number of aliphatic carboxylic acids is 1. The van der Waals surface area contributed by atoms with E-state index < -0.39 is 11.6 Å². The Kier molecular flexibility index (Phi) is 4.37. The molecule has 0 atom stereocenters. The molecule has 0 saturated heterocycles. The summed E-state index contributed by atoms with van der Waals surface area (Å²) in [6, 6.07) is 13.1. The van der Waals surface area contributed by atoms with Gasteiger partial charge in [0.1, 0.15) is 16.2 Å². The van der Waals surface area contributed by atoms with E-state index in [-0.39, 0.29) is 12.0 Å². The predicted octanol–water partition coefficient (Wildman–Crippen LogP) is 4.06. The summed E-state index contributed by atoms with van der Waals surface area (Å²) in [6.45, 7) is 0. The third kappa shape index (κ3) is 3.29. The number of carboxylic acids is 1. The number of thiazole rings is 1. The van der Waals surface area contributed by atoms with Gasteiger partial charge >= 0.3 is 11.6 Å². The van der Waals surface area contributed by atoms with E-state index in [0.717, 1.165) is 15.8 Å². The summed E-state index contributed by atoms with van der Waals surface area (Å²) in [6.07, 6.45) is 1.20. The molecule has 2 aromatic carbocycles. The molecule has 0 fully saturated rings. The third-order valence-electron chi connectivity index (χ3n) is 4.38. The Morgan fingerprint density at radius 2 is 2.04 bits per heavy atom. The second kappa shape index (κ2) is 6.85. The molecule has 0 amide bonds. The first-order valence-electron chi connectivity index (χ1n) is 8.46. The Balaban J connectivity index is 1.77. The number of anilines is 1. The maximum atomic E-state index is 12.6. The molecule has 27 heavy (non-hydrogen) atoms. The van der Waals surface area contributed by atoms with Crippen molar-refractivity contribution in [2.24, 2.45) is 0 Å². The van der Waals surface area contributed by atoms with E-state index in [4.69, 9.17) is 15.3 Å². The number of fused-ring (bicyclic) bond motifs is 2. The summed E-state index contributed by atoms with van der Waals surface area (Å²) in [5.41, 5.74) is 8.50. The summed E-state index contributed by atoms with van der Waals surface area (Å²) in [4.78, 5) is 27.7. The van der Waals surface area contributed by atoms with E-state index in [0.29, 0.717) is 34.5 Å². The number of para-hydroxylation sites is 1. The fraction of sp³-hybridized carbons (Fsp3) is 0.150. The van der Waals surface area contributed by atoms with Gasteiger partial charge in [-0.1, -0.05) is 18.2 Å². The maximum Gasteiger partial charge on any atom is 0.348 e. The summed E-state index contributed by atoms with van der Waals surface area (Å²) >= 11 is 1.40. The van der Waals surface area contributed by atoms with Gasteiger partial charge in [0.05, 0.1) is 15.9 Å². The standard InChI is InChI=1S/C20H16N2O4S/c21-18-12-9-8-11(4-3-7-16(23)24)10-14(12)26-20(25)17(18)19-22-13-5-1-2-6-15(13)27-19/h1-2,5-6,8-10H,3-4,7,21H2,(H,23,24). The van der Waals surface area contributed by atoms with E-state index in [1.165, 1.54) is 11.3 Å². The van der Waals surface area contributed by atoms with Crippen LogP contribution in [0, 0.1) is 0 Å². The zero-order valence-corrected chi connectivity index (χ0v) is 15.1. The monoisotopic (exact) mass is 380 g/mol. The number of nitrogen functional groups attached to an aromatic ring is 1. The lowest BCUT2D eigenvalue weighted by Crippen LogP contribution is -2.07. The molecule has 0 saturated carbocycles. The van der Waals surface area contributed by atoms with Gasteiger partial charge in [-0.2, -0.15) is 0 Å². The lowest BCUT2D eigenvalue weighted by molar-refractivity contribution is -0.137. The molecule has 136 valence electrons. The van der Waals surface area contributed by atoms with Gasteiger partial charge in [-0.25, -0.2) is 9.78 Å². The highest BCUT2D eigenvalue weighted by Crippen LogP contribution is 2.34. The third-order valence-corrected chi connectivity index (χ3v) is 5.43. The molecule has 6 nitrogen and oxygen atoms in total. The molecule has 3 N–H and O–H groups in total. The summed E-state index contributed by atoms with van der Waals surface area (Å²) < 4.78 is 6.48. The molecule has 2 aromatic heterocycles. The van der Waals surface area contributed by atoms with Crippen LogP contribution in [0.5, 0.6) is 0 Å². The average molecular weight is 380 g/mol. The molecular formula is C20H16N2O4S. The van der Waals surface area contributed by atoms with Crippen LogP contribution in [0.15, 0.2) is 51.7 Å². The molecule has 7 heteroatoms. The molecule has 0 aliphatic carbocycles. The predicted molar refractivity (Wildman–Crippen MR) is 106 cm³/mol. The number of rotatable bonds is 5. The minimum Gasteiger partial charge on any atom is -0.481 e. The van der Waals surface area contributed by atoms with Crippen LogP contribution in [0.1, 0.15) is 18.4 Å². The number of carbonyl (C=O) groups is 1. The second-order valence-electron chi connectivity index (χ2n) is 6.24. The Bertz CT molecular complexity index is 1190. The number of benzene rings is 2. The fourth-order valence-electron chi connectivity index (χ4n) is 3.05. The summed E-state index contributed by atoms with van der Waals surface area (Å²) in [7, 11) is 0. The molecule has 0 unspecified atom stereocenters. The van der Waals surface area contributed by atoms with Gasteiger partial charge in [0.15, 0.2) is 0 Å². The topological polar surface area (TPSA) is 106 Å². The SMILES string of the molecule is Nc1c(-c2nc3ccccc3s2)c(=O)oc2cc(CCCC(=O)O)ccc12. The summed E-state index contributed by atoms with van der Waals surface area (Å²) in [5, 5.41) is 9.93. The molecular weight excluding hydrogens is 364 g/mol. The van der Waals surface area contributed by atoms with Gasteiger partial charge in [-0.05, 0) is 42.7 Å². The van der Waals surface area contributed by atoms with E-state index in [2.05, 4.69) is 4.98 Å². The first kappa shape index (κ1) is 17.2. The Morgan fingerprint density at radius 3 is 2.81 bits per heavy atom. The van der Waals surface area contributed by atoms with Gasteiger partial charge < -0.3 is 15.3 Å². The van der Waals surface area contributed by atoms with Crippen LogP contribution in [0.3, 0.4) is 0 Å². The van der Waals surface area contributed by atoms with Gasteiger partial charge in [-0.15, -0.1) is 11.3 Å². The van der Waals surface area contributed by atoms with Crippen molar-refractivity contribution in [3.63, 3.8) is 0 Å². The first-order chi connectivity index (χ1) is 13.0. The first-order valence-corrected chi connectivity index (χ1v) is 9.27. The Morgan fingerprint density at radius 1 is 1.22 bits per heavy atom. The van der Waals surface area contributed by atoms with Crippen molar-refractivity contribution >= 4 is 44.2 Å². The van der Waals surface area contributed by atoms with Crippen molar-refractivity contribution in [1.29, 1.82) is 0 Å². The largest absolute Gasteiger partial charge is 0.481 e. The van der Waals surface area contributed by atoms with Crippen LogP contribution in [0.2, 0.25) is 0 Å². The Hall–Kier alpha value is -3.19. The normalized spacial score (nSPS) is 11.3. The average Bonchev–Trinajstić information content (AvgIpc) is 3.04. The van der Waals surface area contributed by atoms with Crippen molar-refractivity contribution in [1.82, 2.24) is 4.98 Å². The van der Waals surface area contributed by atoms with E-state index in [1.54, 1.807) is 12.1 Å². The van der Waals surface area contributed by atoms with E-state index >= 15 is 0 Å². The minimum atomic E-state index is -0.827. The second-order valence-corrected chi connectivity index (χ2v) is 7.27. The molecule has 0 spiro atoms. The molecule has 4 aromatic rings. The van der Waals surface area contributed by atoms with Crippen LogP contribution in [0.4, 0.5) is 5.69 Å². The number of carboxylic acid groups (broad SMARTS) is 1. The van der Waals surface area contributed by atoms with Crippen LogP contribution in [-0.4, -0.2) is 16.1 Å². The van der Waals surface area contributed by atoms with Crippen LogP contribution >= 0.6 is 11.3 Å². The van der Waals surface area contributed by atoms with E-state index in [9.17, 15) is 9.59 Å². The minimum absolute atomic E-state index is 0.0979. The van der Waals surface area contributed by atoms with Crippen molar-refractivity contribution in [2.45, 2.75) is 19.3 Å². The molecule has 0 bridgehead atoms. The van der Waals surface area contributed by atoms with Crippen molar-refractivity contribution in [3.8, 4) is 10.6 Å². The Labute approximate surface area is 157 Å². The molecule has 0 aliphatic rings. The number of hydrogen-bond acceptors (Lipinski definition) is 6. The van der Waals surface area contributed by atoms with Crippen LogP contribution in [0.25, 0.3) is 31.8 Å². The van der Waals surface area contributed by atoms with Crippen LogP contribution < -0.4 is 11.4 Å². The number of aromatic nitrogens is 1. The molecule has 0 aliphatic heterocycles. The van der Waals surface area contributed by atoms with Gasteiger partial charge in [0, 0.05) is 11.8 Å². The summed E-state index contributed by atoms with van der Waals surface area (Å²) in [5.74, 6) is -0.827. The lowest BCUT2D eigenvalue weighted by Gasteiger charge is -2.07. The lowest BCUT2D eigenvalue weighted by atomic mass is 10.0. The fourth-order valence-corrected chi connectivity index (χ4v) is 4.06. The maximum absolute atomic E-state index is 12.6.